The van der Waals surface area contributed by atoms with Gasteiger partial charge in [0.05, 0.1) is 23.5 Å². The maximum atomic E-state index is 12.7. The van der Waals surface area contributed by atoms with E-state index in [9.17, 15) is 4.57 Å². The predicted octanol–water partition coefficient (Wildman–Crippen LogP) is 4.69. The number of thiocarbonyl (C=S) groups is 1. The molecule has 2 atom stereocenters. The Hall–Kier alpha value is -0.0500. The summed E-state index contributed by atoms with van der Waals surface area (Å²) in [5.41, 5.74) is 0. The van der Waals surface area contributed by atoms with Gasteiger partial charge in [0.15, 0.2) is 0 Å². The zero-order valence-corrected chi connectivity index (χ0v) is 14.1. The Morgan fingerprint density at radius 2 is 1.68 bits per heavy atom. The van der Waals surface area contributed by atoms with E-state index in [1.165, 1.54) is 0 Å². The third-order valence-corrected chi connectivity index (χ3v) is 5.20. The lowest BCUT2D eigenvalue weighted by atomic mass is 10.3. The van der Waals surface area contributed by atoms with E-state index in [0.717, 1.165) is 25.7 Å². The van der Waals surface area contributed by atoms with Gasteiger partial charge in [-0.2, -0.15) is 0 Å². The minimum atomic E-state index is -3.00. The Kier molecular flexibility index (Phi) is 10.7. The molecule has 0 aromatic heterocycles. The molecule has 6 heteroatoms. The summed E-state index contributed by atoms with van der Waals surface area (Å²) in [6, 6.07) is 0. The first-order valence-electron chi connectivity index (χ1n) is 6.96. The summed E-state index contributed by atoms with van der Waals surface area (Å²) in [7, 11) is -3.00. The second kappa shape index (κ2) is 10.7. The number of hydrogen-bond acceptors (Lipinski definition) is 5. The summed E-state index contributed by atoms with van der Waals surface area (Å²) >= 11 is 4.50. The molecule has 0 N–H and O–H groups in total. The van der Waals surface area contributed by atoms with E-state index >= 15 is 0 Å². The second-order valence-electron chi connectivity index (χ2n) is 4.66. The molecule has 0 saturated heterocycles. The Morgan fingerprint density at radius 3 is 2.11 bits per heavy atom. The van der Waals surface area contributed by atoms with Gasteiger partial charge in [0.2, 0.25) is 0 Å². The van der Waals surface area contributed by atoms with Crippen molar-refractivity contribution in [2.45, 2.75) is 65.6 Å². The van der Waals surface area contributed by atoms with E-state index in [0.29, 0.717) is 12.7 Å². The fourth-order valence-electron chi connectivity index (χ4n) is 1.37. The maximum Gasteiger partial charge on any atom is 0.331 e. The van der Waals surface area contributed by atoms with Crippen LogP contribution in [0.25, 0.3) is 0 Å². The van der Waals surface area contributed by atoms with E-state index < -0.39 is 7.60 Å². The van der Waals surface area contributed by atoms with Crippen molar-refractivity contribution in [3.05, 3.63) is 0 Å². The molecule has 4 nitrogen and oxygen atoms in total. The van der Waals surface area contributed by atoms with Gasteiger partial charge >= 0.3 is 7.60 Å². The topological polar surface area (TPSA) is 47.9 Å². The van der Waals surface area contributed by atoms with Crippen LogP contribution in [-0.4, -0.2) is 30.1 Å². The van der Waals surface area contributed by atoms with Crippen LogP contribution in [-0.2, 0) is 13.6 Å². The van der Waals surface area contributed by atoms with Crippen molar-refractivity contribution in [1.29, 1.82) is 0 Å². The van der Waals surface area contributed by atoms with Crippen LogP contribution in [0.5, 0.6) is 0 Å². The maximum absolute atomic E-state index is 12.7. The molecule has 0 aliphatic heterocycles. The standard InChI is InChI=1S/C13H26NO3PS/c1-5-12(3)16-18(15,17-13(4)6-2)10-8-7-9-14-11-19/h12-13H,5-10H2,1-4H3/t12-,13-/m0/s1. The van der Waals surface area contributed by atoms with Crippen LogP contribution in [0.15, 0.2) is 4.99 Å². The largest absolute Gasteiger partial charge is 0.331 e. The van der Waals surface area contributed by atoms with Crippen LogP contribution in [0.4, 0.5) is 0 Å². The molecular weight excluding hydrogens is 281 g/mol. The molecule has 0 radical (unpaired) electrons. The normalized spacial score (nSPS) is 14.7. The third-order valence-electron chi connectivity index (χ3n) is 2.85. The molecule has 112 valence electrons. The van der Waals surface area contributed by atoms with E-state index in [1.807, 2.05) is 27.7 Å². The Bertz CT molecular complexity index is 316. The fourth-order valence-corrected chi connectivity index (χ4v) is 3.73. The van der Waals surface area contributed by atoms with Crippen molar-refractivity contribution in [3.8, 4) is 0 Å². The third kappa shape index (κ3) is 9.48. The van der Waals surface area contributed by atoms with Crippen LogP contribution in [0.3, 0.4) is 0 Å². The molecule has 19 heavy (non-hydrogen) atoms. The summed E-state index contributed by atoms with van der Waals surface area (Å²) in [5.74, 6) is 0. The molecule has 0 rings (SSSR count). The molecule has 0 spiro atoms. The van der Waals surface area contributed by atoms with Crippen molar-refractivity contribution in [2.75, 3.05) is 12.7 Å². The van der Waals surface area contributed by atoms with Gasteiger partial charge in [-0.05, 0) is 51.7 Å². The van der Waals surface area contributed by atoms with Gasteiger partial charge in [0.1, 0.15) is 0 Å². The number of aliphatic imine (C=N–C) groups is 1. The monoisotopic (exact) mass is 307 g/mol. The van der Waals surface area contributed by atoms with E-state index in [-0.39, 0.29) is 12.2 Å². The van der Waals surface area contributed by atoms with E-state index in [4.69, 9.17) is 9.05 Å². The van der Waals surface area contributed by atoms with Gasteiger partial charge < -0.3 is 9.05 Å². The highest BCUT2D eigenvalue weighted by Crippen LogP contribution is 2.51. The molecule has 0 aromatic rings. The van der Waals surface area contributed by atoms with Gasteiger partial charge in [-0.15, -0.1) is 0 Å². The van der Waals surface area contributed by atoms with Gasteiger partial charge in [-0.3, -0.25) is 4.57 Å². The lowest BCUT2D eigenvalue weighted by Crippen LogP contribution is -2.13. The van der Waals surface area contributed by atoms with E-state index in [1.54, 1.807) is 0 Å². The molecule has 0 aromatic carbocycles. The van der Waals surface area contributed by atoms with Crippen molar-refractivity contribution in [3.63, 3.8) is 0 Å². The molecular formula is C13H26NO3PS. The zero-order valence-electron chi connectivity index (χ0n) is 12.4. The summed E-state index contributed by atoms with van der Waals surface area (Å²) in [6.07, 6.45) is 3.56. The number of isothiocyanates is 1. The van der Waals surface area contributed by atoms with Gasteiger partial charge in [-0.25, -0.2) is 4.99 Å². The van der Waals surface area contributed by atoms with Gasteiger partial charge in [-0.1, -0.05) is 13.8 Å². The molecule has 0 heterocycles. The zero-order chi connectivity index (χ0) is 14.7. The predicted molar refractivity (Wildman–Crippen MR) is 83.3 cm³/mol. The Morgan fingerprint density at radius 1 is 1.16 bits per heavy atom. The summed E-state index contributed by atoms with van der Waals surface area (Å²) < 4.78 is 23.9. The minimum absolute atomic E-state index is 0.0473. The van der Waals surface area contributed by atoms with Crippen molar-refractivity contribution in [2.24, 2.45) is 4.99 Å². The average molecular weight is 307 g/mol. The van der Waals surface area contributed by atoms with Crippen LogP contribution >= 0.6 is 19.8 Å². The lowest BCUT2D eigenvalue weighted by molar-refractivity contribution is 0.123. The number of rotatable bonds is 11. The highest BCUT2D eigenvalue weighted by Gasteiger charge is 2.28. The first kappa shape index (κ1) is 18.9. The fraction of sp³-hybridized carbons (Fsp3) is 0.923. The number of unbranched alkanes of at least 4 members (excludes halogenated alkanes) is 1. The summed E-state index contributed by atoms with van der Waals surface area (Å²) in [5, 5.41) is 2.32. The number of hydrogen-bond donors (Lipinski definition) is 0. The molecule has 0 unspecified atom stereocenters. The molecule has 0 fully saturated rings. The molecule has 0 aliphatic rings. The molecule has 0 bridgehead atoms. The molecule has 0 amide bonds. The van der Waals surface area contributed by atoms with Crippen LogP contribution in [0.2, 0.25) is 0 Å². The highest BCUT2D eigenvalue weighted by atomic mass is 32.1. The van der Waals surface area contributed by atoms with Crippen LogP contribution in [0.1, 0.15) is 53.4 Å². The van der Waals surface area contributed by atoms with Gasteiger partial charge in [0.25, 0.3) is 0 Å². The van der Waals surface area contributed by atoms with Crippen molar-refractivity contribution in [1.82, 2.24) is 0 Å². The number of nitrogens with zero attached hydrogens (tertiary/aromatic N) is 1. The van der Waals surface area contributed by atoms with E-state index in [2.05, 4.69) is 22.4 Å². The molecule has 0 saturated carbocycles. The van der Waals surface area contributed by atoms with Gasteiger partial charge in [0, 0.05) is 6.54 Å². The lowest BCUT2D eigenvalue weighted by Gasteiger charge is -2.24. The average Bonchev–Trinajstić information content (AvgIpc) is 2.38. The second-order valence-corrected chi connectivity index (χ2v) is 6.94. The Balaban J connectivity index is 4.39. The quantitative estimate of drug-likeness (QED) is 0.240. The Labute approximate surface area is 122 Å². The molecule has 0 aliphatic carbocycles. The van der Waals surface area contributed by atoms with Crippen molar-refractivity contribution < 1.29 is 13.6 Å². The first-order chi connectivity index (χ1) is 8.97. The smallest absolute Gasteiger partial charge is 0.306 e. The first-order valence-corrected chi connectivity index (χ1v) is 9.10. The minimum Gasteiger partial charge on any atom is -0.306 e. The van der Waals surface area contributed by atoms with Crippen LogP contribution in [0, 0.1) is 0 Å². The highest BCUT2D eigenvalue weighted by molar-refractivity contribution is 7.78. The SMILES string of the molecule is CC[C@H](C)OP(=O)(CCCCN=C=S)O[C@@H](C)CC. The summed E-state index contributed by atoms with van der Waals surface area (Å²) in [4.78, 5) is 3.84. The summed E-state index contributed by atoms with van der Waals surface area (Å²) in [6.45, 7) is 8.47. The van der Waals surface area contributed by atoms with Crippen LogP contribution < -0.4 is 0 Å². The van der Waals surface area contributed by atoms with Crippen molar-refractivity contribution >= 4 is 25.0 Å².